The first kappa shape index (κ1) is 18.3. The molecule has 0 fully saturated rings. The Kier molecular flexibility index (Phi) is 4.64. The van der Waals surface area contributed by atoms with Crippen molar-refractivity contribution in [2.75, 3.05) is 0 Å². The van der Waals surface area contributed by atoms with Crippen molar-refractivity contribution in [3.63, 3.8) is 0 Å². The highest BCUT2D eigenvalue weighted by molar-refractivity contribution is 7.99. The summed E-state index contributed by atoms with van der Waals surface area (Å²) in [5.74, 6) is 2.05. The van der Waals surface area contributed by atoms with Gasteiger partial charge in [0, 0.05) is 12.1 Å². The zero-order valence-corrected chi connectivity index (χ0v) is 17.0. The molecular weight excluding hydrogens is 398 g/mol. The molecule has 0 aliphatic heterocycles. The molecule has 0 aliphatic rings. The zero-order chi connectivity index (χ0) is 20.5. The van der Waals surface area contributed by atoms with Gasteiger partial charge < -0.3 is 4.42 Å². The molecule has 4 aromatic heterocycles. The van der Waals surface area contributed by atoms with Crippen molar-refractivity contribution >= 4 is 17.5 Å². The molecule has 0 unspecified atom stereocenters. The fourth-order valence-corrected chi connectivity index (χ4v) is 4.11. The minimum absolute atomic E-state index is 0.527. The summed E-state index contributed by atoms with van der Waals surface area (Å²) < 4.78 is 9.15. The summed E-state index contributed by atoms with van der Waals surface area (Å²) in [6.07, 6.45) is 4.97. The van der Waals surface area contributed by atoms with Gasteiger partial charge >= 0.3 is 0 Å². The van der Waals surface area contributed by atoms with E-state index in [9.17, 15) is 0 Å². The highest BCUT2D eigenvalue weighted by Gasteiger charge is 2.19. The third-order valence-electron chi connectivity index (χ3n) is 4.61. The molecule has 30 heavy (non-hydrogen) atoms. The number of rotatable bonds is 6. The Morgan fingerprint density at radius 1 is 1.17 bits per heavy atom. The summed E-state index contributed by atoms with van der Waals surface area (Å²) in [6.45, 7) is 6.35. The maximum absolute atomic E-state index is 5.45. The maximum atomic E-state index is 5.45. The van der Waals surface area contributed by atoms with Crippen LogP contribution >= 0.6 is 11.8 Å². The Morgan fingerprint density at radius 3 is 2.80 bits per heavy atom. The molecule has 0 saturated carbocycles. The maximum Gasteiger partial charge on any atom is 0.253 e. The van der Waals surface area contributed by atoms with Gasteiger partial charge in [0.2, 0.25) is 0 Å². The second-order valence-corrected chi connectivity index (χ2v) is 7.50. The molecule has 0 saturated heterocycles. The molecule has 1 aromatic carbocycles. The van der Waals surface area contributed by atoms with E-state index in [1.807, 2.05) is 60.0 Å². The minimum atomic E-state index is 0.527. The average Bonchev–Trinajstić information content (AvgIpc) is 3.49. The van der Waals surface area contributed by atoms with Crippen LogP contribution in [-0.2, 0) is 6.54 Å². The fraction of sp³-hybridized carbons (Fsp3) is 0.0952. The standard InChI is InChI=1S/C21H17N7OS/c1-3-10-27-19(16-9-11-29-14(16)2)25-26-21(27)30-18-12-17(15-7-5-4-6-8-15)24-20-22-13-23-28(18)20/h3-9,11-13H,1,10H2,2H3. The first-order valence-electron chi connectivity index (χ1n) is 9.27. The van der Waals surface area contributed by atoms with Crippen molar-refractivity contribution in [1.29, 1.82) is 0 Å². The number of benzene rings is 1. The van der Waals surface area contributed by atoms with Crippen molar-refractivity contribution in [3.05, 3.63) is 73.5 Å². The lowest BCUT2D eigenvalue weighted by molar-refractivity contribution is 0.534. The molecule has 148 valence electrons. The number of fused-ring (bicyclic) bond motifs is 1. The van der Waals surface area contributed by atoms with Gasteiger partial charge in [-0.25, -0.2) is 4.98 Å². The van der Waals surface area contributed by atoms with Crippen LogP contribution in [0.15, 0.2) is 82.3 Å². The van der Waals surface area contributed by atoms with Crippen LogP contribution in [0.1, 0.15) is 5.76 Å². The Balaban J connectivity index is 1.61. The summed E-state index contributed by atoms with van der Waals surface area (Å²) >= 11 is 1.45. The van der Waals surface area contributed by atoms with Gasteiger partial charge in [-0.2, -0.15) is 14.6 Å². The van der Waals surface area contributed by atoms with Crippen molar-refractivity contribution in [1.82, 2.24) is 34.3 Å². The van der Waals surface area contributed by atoms with Crippen LogP contribution < -0.4 is 0 Å². The van der Waals surface area contributed by atoms with E-state index in [0.29, 0.717) is 17.5 Å². The summed E-state index contributed by atoms with van der Waals surface area (Å²) in [7, 11) is 0. The predicted octanol–water partition coefficient (Wildman–Crippen LogP) is 4.29. The Bertz CT molecular complexity index is 1340. The lowest BCUT2D eigenvalue weighted by Gasteiger charge is -2.09. The monoisotopic (exact) mass is 415 g/mol. The van der Waals surface area contributed by atoms with Gasteiger partial charge in [0.15, 0.2) is 11.0 Å². The van der Waals surface area contributed by atoms with E-state index in [2.05, 4.69) is 31.8 Å². The Labute approximate surface area is 176 Å². The van der Waals surface area contributed by atoms with Gasteiger partial charge in [0.25, 0.3) is 5.78 Å². The molecule has 0 atom stereocenters. The van der Waals surface area contributed by atoms with Gasteiger partial charge in [-0.3, -0.25) is 4.57 Å². The van der Waals surface area contributed by atoms with E-state index >= 15 is 0 Å². The molecule has 9 heteroatoms. The third kappa shape index (κ3) is 3.18. The molecule has 0 aliphatic carbocycles. The van der Waals surface area contributed by atoms with Crippen LogP contribution in [0, 0.1) is 6.92 Å². The van der Waals surface area contributed by atoms with Gasteiger partial charge in [0.1, 0.15) is 17.1 Å². The SMILES string of the molecule is C=CCn1c(Sc2cc(-c3ccccc3)nc3ncnn23)nnc1-c1ccoc1C. The molecule has 0 radical (unpaired) electrons. The number of furan rings is 1. The summed E-state index contributed by atoms with van der Waals surface area (Å²) in [5.41, 5.74) is 2.73. The van der Waals surface area contributed by atoms with Crippen LogP contribution in [0.25, 0.3) is 28.4 Å². The predicted molar refractivity (Wildman–Crippen MR) is 113 cm³/mol. The van der Waals surface area contributed by atoms with E-state index in [1.165, 1.54) is 18.1 Å². The molecule has 0 N–H and O–H groups in total. The number of aromatic nitrogens is 7. The van der Waals surface area contributed by atoms with Crippen molar-refractivity contribution < 1.29 is 4.42 Å². The number of hydrogen-bond acceptors (Lipinski definition) is 7. The van der Waals surface area contributed by atoms with E-state index in [4.69, 9.17) is 4.42 Å². The van der Waals surface area contributed by atoms with E-state index < -0.39 is 0 Å². The lowest BCUT2D eigenvalue weighted by atomic mass is 10.1. The second-order valence-electron chi connectivity index (χ2n) is 6.52. The smallest absolute Gasteiger partial charge is 0.253 e. The summed E-state index contributed by atoms with van der Waals surface area (Å²) in [5, 5.41) is 14.7. The molecule has 5 rings (SSSR count). The van der Waals surface area contributed by atoms with Crippen LogP contribution in [-0.4, -0.2) is 34.3 Å². The van der Waals surface area contributed by atoms with Crippen LogP contribution in [0.3, 0.4) is 0 Å². The van der Waals surface area contributed by atoms with Crippen molar-refractivity contribution in [2.24, 2.45) is 0 Å². The third-order valence-corrected chi connectivity index (χ3v) is 5.60. The molecular formula is C21H17N7OS. The Morgan fingerprint density at radius 2 is 2.03 bits per heavy atom. The van der Waals surface area contributed by atoms with Crippen molar-refractivity contribution in [2.45, 2.75) is 23.7 Å². The molecule has 0 spiro atoms. The number of hydrogen-bond donors (Lipinski definition) is 0. The molecule has 4 heterocycles. The van der Waals surface area contributed by atoms with Crippen LogP contribution in [0.5, 0.6) is 0 Å². The van der Waals surface area contributed by atoms with Gasteiger partial charge in [0.05, 0.1) is 17.5 Å². The average molecular weight is 415 g/mol. The first-order valence-corrected chi connectivity index (χ1v) is 10.1. The highest BCUT2D eigenvalue weighted by atomic mass is 32.2. The number of allylic oxidation sites excluding steroid dienone is 1. The number of nitrogens with zero attached hydrogens (tertiary/aromatic N) is 7. The Hall–Kier alpha value is -3.72. The topological polar surface area (TPSA) is 86.9 Å². The molecule has 8 nitrogen and oxygen atoms in total. The van der Waals surface area contributed by atoms with Gasteiger partial charge in [-0.15, -0.1) is 16.8 Å². The minimum Gasteiger partial charge on any atom is -0.469 e. The van der Waals surface area contributed by atoms with Crippen LogP contribution in [0.2, 0.25) is 0 Å². The second kappa shape index (κ2) is 7.60. The van der Waals surface area contributed by atoms with Gasteiger partial charge in [-0.05, 0) is 30.8 Å². The highest BCUT2D eigenvalue weighted by Crippen LogP contribution is 2.32. The van der Waals surface area contributed by atoms with E-state index in [0.717, 1.165) is 33.4 Å². The fourth-order valence-electron chi connectivity index (χ4n) is 3.18. The van der Waals surface area contributed by atoms with Crippen molar-refractivity contribution in [3.8, 4) is 22.6 Å². The molecule has 0 amide bonds. The summed E-state index contributed by atoms with van der Waals surface area (Å²) in [6, 6.07) is 13.9. The largest absolute Gasteiger partial charge is 0.469 e. The summed E-state index contributed by atoms with van der Waals surface area (Å²) in [4.78, 5) is 8.91. The zero-order valence-electron chi connectivity index (χ0n) is 16.1. The lowest BCUT2D eigenvalue weighted by Crippen LogP contribution is -2.02. The normalized spacial score (nSPS) is 11.2. The molecule has 0 bridgehead atoms. The van der Waals surface area contributed by atoms with Crippen LogP contribution in [0.4, 0.5) is 0 Å². The quantitative estimate of drug-likeness (QED) is 0.302. The van der Waals surface area contributed by atoms with E-state index in [-0.39, 0.29) is 0 Å². The number of aryl methyl sites for hydroxylation is 1. The van der Waals surface area contributed by atoms with Gasteiger partial charge in [-0.1, -0.05) is 36.4 Å². The van der Waals surface area contributed by atoms with E-state index in [1.54, 1.807) is 10.8 Å². The molecule has 5 aromatic rings. The first-order chi connectivity index (χ1) is 14.7.